The van der Waals surface area contributed by atoms with Crippen LogP contribution in [0.25, 0.3) is 0 Å². The van der Waals surface area contributed by atoms with Crippen LogP contribution in [0, 0.1) is 5.82 Å². The van der Waals surface area contributed by atoms with Gasteiger partial charge in [-0.2, -0.15) is 0 Å². The average molecular weight is 435 g/mol. The van der Waals surface area contributed by atoms with E-state index in [1.807, 2.05) is 37.3 Å². The number of likely N-dealkylation sites (tertiary alicyclic amines) is 1. The van der Waals surface area contributed by atoms with Crippen LogP contribution in [0.2, 0.25) is 0 Å². The summed E-state index contributed by atoms with van der Waals surface area (Å²) < 4.78 is 20.2. The van der Waals surface area contributed by atoms with Gasteiger partial charge in [-0.1, -0.05) is 47.6 Å². The van der Waals surface area contributed by atoms with E-state index in [1.165, 1.54) is 4.90 Å². The molecule has 0 bridgehead atoms. The van der Waals surface area contributed by atoms with Gasteiger partial charge in [0.1, 0.15) is 12.4 Å². The molecule has 0 spiro atoms. The standard InChI is InChI=1S/C20H20BrFN2O3/c1-13-10-17(23-26)18(11-15-8-5-9-16(21)19(15)22)24(13)20(25)27-12-14-6-3-2-4-7-14/h2-9,13,18,26H,10-12H2,1H3. The molecule has 2 atom stereocenters. The molecule has 2 aromatic rings. The van der Waals surface area contributed by atoms with Crippen molar-refractivity contribution in [2.45, 2.75) is 38.5 Å². The summed E-state index contributed by atoms with van der Waals surface area (Å²) in [6, 6.07) is 13.6. The Balaban J connectivity index is 1.78. The molecule has 0 aliphatic carbocycles. The molecule has 1 heterocycles. The highest BCUT2D eigenvalue weighted by Gasteiger charge is 2.41. The Labute approximate surface area is 165 Å². The second-order valence-electron chi connectivity index (χ2n) is 6.52. The largest absolute Gasteiger partial charge is 0.445 e. The zero-order valence-corrected chi connectivity index (χ0v) is 16.4. The first-order chi connectivity index (χ1) is 13.0. The molecular formula is C20H20BrFN2O3. The average Bonchev–Trinajstić information content (AvgIpc) is 2.99. The first-order valence-corrected chi connectivity index (χ1v) is 9.43. The van der Waals surface area contributed by atoms with E-state index in [-0.39, 0.29) is 24.9 Å². The number of carbonyl (C=O) groups excluding carboxylic acids is 1. The number of halogens is 2. The summed E-state index contributed by atoms with van der Waals surface area (Å²) in [5, 5.41) is 12.7. The minimum atomic E-state index is -0.558. The Hall–Kier alpha value is -2.41. The molecule has 0 saturated carbocycles. The van der Waals surface area contributed by atoms with Gasteiger partial charge in [0.2, 0.25) is 0 Å². The van der Waals surface area contributed by atoms with Gasteiger partial charge in [0.15, 0.2) is 0 Å². The summed E-state index contributed by atoms with van der Waals surface area (Å²) in [5.41, 5.74) is 1.76. The van der Waals surface area contributed by atoms with Gasteiger partial charge in [0, 0.05) is 18.9 Å². The molecule has 0 aromatic heterocycles. The highest BCUT2D eigenvalue weighted by Crippen LogP contribution is 2.28. The van der Waals surface area contributed by atoms with Crippen LogP contribution in [-0.4, -0.2) is 34.0 Å². The third-order valence-electron chi connectivity index (χ3n) is 4.69. The van der Waals surface area contributed by atoms with Crippen LogP contribution in [0.4, 0.5) is 9.18 Å². The van der Waals surface area contributed by atoms with Crippen LogP contribution in [0.15, 0.2) is 58.2 Å². The van der Waals surface area contributed by atoms with Crippen molar-refractivity contribution in [1.82, 2.24) is 4.90 Å². The Morgan fingerprint density at radius 2 is 2.04 bits per heavy atom. The van der Waals surface area contributed by atoms with Gasteiger partial charge in [0.05, 0.1) is 16.2 Å². The maximum atomic E-state index is 14.4. The number of hydrogen-bond donors (Lipinski definition) is 1. The van der Waals surface area contributed by atoms with Crippen LogP contribution >= 0.6 is 15.9 Å². The minimum absolute atomic E-state index is 0.145. The predicted molar refractivity (Wildman–Crippen MR) is 103 cm³/mol. The third kappa shape index (κ3) is 4.30. The maximum Gasteiger partial charge on any atom is 0.410 e. The van der Waals surface area contributed by atoms with Gasteiger partial charge >= 0.3 is 6.09 Å². The number of ether oxygens (including phenoxy) is 1. The van der Waals surface area contributed by atoms with Crippen molar-refractivity contribution in [2.75, 3.05) is 0 Å². The highest BCUT2D eigenvalue weighted by molar-refractivity contribution is 9.10. The van der Waals surface area contributed by atoms with Gasteiger partial charge < -0.3 is 9.94 Å². The van der Waals surface area contributed by atoms with Crippen LogP contribution in [0.1, 0.15) is 24.5 Å². The van der Waals surface area contributed by atoms with E-state index in [9.17, 15) is 14.4 Å². The molecule has 142 valence electrons. The molecule has 5 nitrogen and oxygen atoms in total. The summed E-state index contributed by atoms with van der Waals surface area (Å²) in [7, 11) is 0. The van der Waals surface area contributed by atoms with E-state index in [0.29, 0.717) is 22.2 Å². The molecule has 27 heavy (non-hydrogen) atoms. The van der Waals surface area contributed by atoms with Crippen molar-refractivity contribution in [2.24, 2.45) is 5.16 Å². The fourth-order valence-corrected chi connectivity index (χ4v) is 3.75. The van der Waals surface area contributed by atoms with E-state index in [0.717, 1.165) is 5.56 Å². The van der Waals surface area contributed by atoms with Crippen molar-refractivity contribution in [1.29, 1.82) is 0 Å². The van der Waals surface area contributed by atoms with Crippen molar-refractivity contribution in [3.05, 3.63) is 69.9 Å². The Bertz CT molecular complexity index is 844. The number of nitrogens with zero attached hydrogens (tertiary/aromatic N) is 2. The lowest BCUT2D eigenvalue weighted by Gasteiger charge is -2.27. The smallest absolute Gasteiger partial charge is 0.410 e. The Morgan fingerprint density at radius 1 is 1.30 bits per heavy atom. The molecule has 1 aliphatic heterocycles. The van der Waals surface area contributed by atoms with Gasteiger partial charge in [-0.05, 0) is 40.0 Å². The lowest BCUT2D eigenvalue weighted by molar-refractivity contribution is 0.0835. The second kappa shape index (κ2) is 8.52. The van der Waals surface area contributed by atoms with Crippen molar-refractivity contribution in [3.63, 3.8) is 0 Å². The Kier molecular flexibility index (Phi) is 6.11. The number of carbonyl (C=O) groups is 1. The lowest BCUT2D eigenvalue weighted by atomic mass is 10.0. The number of rotatable bonds is 4. The fraction of sp³-hybridized carbons (Fsp3) is 0.300. The molecule has 1 fully saturated rings. The second-order valence-corrected chi connectivity index (χ2v) is 7.38. The van der Waals surface area contributed by atoms with Crippen LogP contribution in [0.5, 0.6) is 0 Å². The van der Waals surface area contributed by atoms with Crippen LogP contribution < -0.4 is 0 Å². The third-order valence-corrected chi connectivity index (χ3v) is 5.30. The number of amides is 1. The highest BCUT2D eigenvalue weighted by atomic mass is 79.9. The summed E-state index contributed by atoms with van der Waals surface area (Å²) in [6.07, 6.45) is 0.109. The number of hydrogen-bond acceptors (Lipinski definition) is 4. The minimum Gasteiger partial charge on any atom is -0.445 e. The summed E-state index contributed by atoms with van der Waals surface area (Å²) in [6.45, 7) is 2.00. The van der Waals surface area contributed by atoms with Crippen LogP contribution in [-0.2, 0) is 17.8 Å². The number of benzene rings is 2. The van der Waals surface area contributed by atoms with E-state index in [2.05, 4.69) is 21.1 Å². The normalized spacial score (nSPS) is 20.9. The van der Waals surface area contributed by atoms with Crippen molar-refractivity contribution in [3.8, 4) is 0 Å². The van der Waals surface area contributed by atoms with E-state index in [1.54, 1.807) is 18.2 Å². The van der Waals surface area contributed by atoms with Crippen molar-refractivity contribution >= 4 is 27.7 Å². The summed E-state index contributed by atoms with van der Waals surface area (Å²) in [5.74, 6) is -0.382. The molecule has 3 rings (SSSR count). The maximum absolute atomic E-state index is 14.4. The fourth-order valence-electron chi connectivity index (χ4n) is 3.34. The van der Waals surface area contributed by atoms with Gasteiger partial charge in [-0.3, -0.25) is 4.90 Å². The first kappa shape index (κ1) is 19.4. The van der Waals surface area contributed by atoms with Crippen molar-refractivity contribution < 1.29 is 19.1 Å². The topological polar surface area (TPSA) is 62.1 Å². The lowest BCUT2D eigenvalue weighted by Crippen LogP contribution is -2.43. The first-order valence-electron chi connectivity index (χ1n) is 8.64. The zero-order valence-electron chi connectivity index (χ0n) is 14.8. The van der Waals surface area contributed by atoms with Gasteiger partial charge in [-0.15, -0.1) is 0 Å². The summed E-state index contributed by atoms with van der Waals surface area (Å²) in [4.78, 5) is 14.2. The quantitative estimate of drug-likeness (QED) is 0.557. The molecule has 2 aromatic carbocycles. The molecule has 7 heteroatoms. The molecule has 1 saturated heterocycles. The molecule has 1 aliphatic rings. The molecule has 1 N–H and O–H groups in total. The monoisotopic (exact) mass is 434 g/mol. The van der Waals surface area contributed by atoms with E-state index < -0.39 is 12.1 Å². The number of oxime groups is 1. The molecule has 1 amide bonds. The summed E-state index contributed by atoms with van der Waals surface area (Å²) >= 11 is 3.17. The predicted octanol–water partition coefficient (Wildman–Crippen LogP) is 4.76. The SMILES string of the molecule is CC1CC(=NO)C(Cc2cccc(Br)c2F)N1C(=O)OCc1ccccc1. The zero-order chi connectivity index (χ0) is 19.4. The molecule has 2 unspecified atom stereocenters. The molecule has 0 radical (unpaired) electrons. The molecular weight excluding hydrogens is 415 g/mol. The van der Waals surface area contributed by atoms with Gasteiger partial charge in [-0.25, -0.2) is 9.18 Å². The van der Waals surface area contributed by atoms with Gasteiger partial charge in [0.25, 0.3) is 0 Å². The Morgan fingerprint density at radius 3 is 2.74 bits per heavy atom. The van der Waals surface area contributed by atoms with Crippen LogP contribution in [0.3, 0.4) is 0 Å². The van der Waals surface area contributed by atoms with E-state index in [4.69, 9.17) is 4.74 Å². The van der Waals surface area contributed by atoms with E-state index >= 15 is 0 Å².